The Hall–Kier alpha value is -1.90. The number of hydrogen-bond acceptors (Lipinski definition) is 6. The van der Waals surface area contributed by atoms with E-state index in [2.05, 4.69) is 25.4 Å². The van der Waals surface area contributed by atoms with Crippen molar-refractivity contribution in [2.75, 3.05) is 11.9 Å². The summed E-state index contributed by atoms with van der Waals surface area (Å²) in [5.41, 5.74) is -1.10. The Kier molecular flexibility index (Phi) is 4.07. The van der Waals surface area contributed by atoms with Crippen LogP contribution in [-0.2, 0) is 12.6 Å². The van der Waals surface area contributed by atoms with Gasteiger partial charge in [-0.25, -0.2) is 9.97 Å². The van der Waals surface area contributed by atoms with Gasteiger partial charge in [-0.1, -0.05) is 5.16 Å². The summed E-state index contributed by atoms with van der Waals surface area (Å²) in [6.45, 7) is 1.94. The second-order valence-corrected chi connectivity index (χ2v) is 4.16. The van der Waals surface area contributed by atoms with E-state index in [1.54, 1.807) is 6.92 Å². The second kappa shape index (κ2) is 5.61. The molecule has 0 saturated heterocycles. The second-order valence-electron chi connectivity index (χ2n) is 3.82. The summed E-state index contributed by atoms with van der Waals surface area (Å²) in [6.07, 6.45) is -4.23. The summed E-state index contributed by atoms with van der Waals surface area (Å²) >= 11 is 5.45. The number of aromatic nitrogens is 4. The topological polar surface area (TPSA) is 76.7 Å². The van der Waals surface area contributed by atoms with E-state index in [-0.39, 0.29) is 12.4 Å². The van der Waals surface area contributed by atoms with E-state index in [0.29, 0.717) is 18.1 Å². The molecule has 0 aromatic carbocycles. The molecule has 0 saturated carbocycles. The average molecular weight is 308 g/mol. The predicted molar refractivity (Wildman–Crippen MR) is 63.3 cm³/mol. The first-order valence-corrected chi connectivity index (χ1v) is 5.87. The highest BCUT2D eigenvalue weighted by Gasteiger charge is 2.33. The fourth-order valence-corrected chi connectivity index (χ4v) is 1.57. The molecule has 0 atom stereocenters. The number of hydrogen-bond donors (Lipinski definition) is 1. The van der Waals surface area contributed by atoms with Gasteiger partial charge < -0.3 is 9.84 Å². The van der Waals surface area contributed by atoms with Gasteiger partial charge in [0.1, 0.15) is 5.82 Å². The van der Waals surface area contributed by atoms with Crippen molar-refractivity contribution >= 4 is 17.4 Å². The van der Waals surface area contributed by atoms with Crippen LogP contribution in [0.5, 0.6) is 0 Å². The number of anilines is 1. The van der Waals surface area contributed by atoms with Gasteiger partial charge in [-0.3, -0.25) is 0 Å². The zero-order chi connectivity index (χ0) is 14.8. The van der Waals surface area contributed by atoms with Crippen molar-refractivity contribution in [1.82, 2.24) is 20.1 Å². The van der Waals surface area contributed by atoms with Crippen molar-refractivity contribution in [3.05, 3.63) is 28.8 Å². The van der Waals surface area contributed by atoms with Crippen LogP contribution in [-0.4, -0.2) is 26.7 Å². The van der Waals surface area contributed by atoms with Gasteiger partial charge in [0.15, 0.2) is 11.5 Å². The zero-order valence-corrected chi connectivity index (χ0v) is 11.0. The molecule has 108 valence electrons. The maximum atomic E-state index is 12.5. The normalized spacial score (nSPS) is 11.7. The molecule has 6 nitrogen and oxygen atoms in total. The lowest BCUT2D eigenvalue weighted by atomic mass is 10.3. The molecule has 0 bridgehead atoms. The molecule has 0 radical (unpaired) electrons. The lowest BCUT2D eigenvalue weighted by molar-refractivity contribution is -0.141. The maximum Gasteiger partial charge on any atom is 0.433 e. The first-order chi connectivity index (χ1) is 9.34. The standard InChI is InChI=1S/C10H9ClF3N5O/c1-5-16-8(20-19-5)2-3-15-7-4-6(10(12,13)14)17-9(11)18-7/h4H,2-3H2,1H3,(H,15,17,18). The van der Waals surface area contributed by atoms with Crippen LogP contribution in [0.1, 0.15) is 17.4 Å². The maximum absolute atomic E-state index is 12.5. The fraction of sp³-hybridized carbons (Fsp3) is 0.400. The minimum atomic E-state index is -4.58. The van der Waals surface area contributed by atoms with E-state index in [0.717, 1.165) is 6.07 Å². The van der Waals surface area contributed by atoms with Crippen LogP contribution in [0.15, 0.2) is 10.6 Å². The SMILES string of the molecule is Cc1noc(CCNc2cc(C(F)(F)F)nc(Cl)n2)n1. The molecule has 10 heteroatoms. The number of halogens is 4. The molecule has 2 aromatic rings. The minimum Gasteiger partial charge on any atom is -0.369 e. The van der Waals surface area contributed by atoms with Crippen molar-refractivity contribution < 1.29 is 17.7 Å². The van der Waals surface area contributed by atoms with Crippen LogP contribution in [0.3, 0.4) is 0 Å². The third-order valence-corrected chi connectivity index (χ3v) is 2.37. The Balaban J connectivity index is 2.00. The van der Waals surface area contributed by atoms with Gasteiger partial charge in [-0.05, 0) is 18.5 Å². The van der Waals surface area contributed by atoms with Gasteiger partial charge in [-0.2, -0.15) is 18.2 Å². The first-order valence-electron chi connectivity index (χ1n) is 5.49. The van der Waals surface area contributed by atoms with E-state index in [1.165, 1.54) is 0 Å². The first kappa shape index (κ1) is 14.5. The molecule has 2 rings (SSSR count). The third kappa shape index (κ3) is 3.80. The molecular formula is C10H9ClF3N5O. The fourth-order valence-electron chi connectivity index (χ4n) is 1.39. The monoisotopic (exact) mass is 307 g/mol. The lowest BCUT2D eigenvalue weighted by Crippen LogP contribution is -2.12. The van der Waals surface area contributed by atoms with Gasteiger partial charge in [0.05, 0.1) is 0 Å². The number of rotatable bonds is 4. The van der Waals surface area contributed by atoms with Gasteiger partial charge in [0, 0.05) is 19.0 Å². The smallest absolute Gasteiger partial charge is 0.369 e. The van der Waals surface area contributed by atoms with Crippen molar-refractivity contribution in [3.8, 4) is 0 Å². The van der Waals surface area contributed by atoms with Gasteiger partial charge in [0.2, 0.25) is 11.2 Å². The molecule has 20 heavy (non-hydrogen) atoms. The van der Waals surface area contributed by atoms with Crippen molar-refractivity contribution in [1.29, 1.82) is 0 Å². The summed E-state index contributed by atoms with van der Waals surface area (Å²) in [4.78, 5) is 10.7. The van der Waals surface area contributed by atoms with Crippen LogP contribution < -0.4 is 5.32 Å². The van der Waals surface area contributed by atoms with Gasteiger partial charge in [0.25, 0.3) is 0 Å². The van der Waals surface area contributed by atoms with Crippen LogP contribution in [0, 0.1) is 6.92 Å². The quantitative estimate of drug-likeness (QED) is 0.875. The number of nitrogens with zero attached hydrogens (tertiary/aromatic N) is 4. The summed E-state index contributed by atoms with van der Waals surface area (Å²) in [5.74, 6) is 0.851. The Labute approximate surface area is 116 Å². The molecule has 0 fully saturated rings. The van der Waals surface area contributed by atoms with Gasteiger partial charge in [-0.15, -0.1) is 0 Å². The highest BCUT2D eigenvalue weighted by Crippen LogP contribution is 2.29. The average Bonchev–Trinajstić information content (AvgIpc) is 2.73. The molecule has 0 aliphatic rings. The zero-order valence-electron chi connectivity index (χ0n) is 10.2. The Morgan fingerprint density at radius 3 is 2.65 bits per heavy atom. The molecular weight excluding hydrogens is 299 g/mol. The molecule has 0 unspecified atom stereocenters. The van der Waals surface area contributed by atoms with Crippen LogP contribution in [0.4, 0.5) is 19.0 Å². The van der Waals surface area contributed by atoms with Crippen LogP contribution in [0.25, 0.3) is 0 Å². The summed E-state index contributed by atoms with van der Waals surface area (Å²) in [6, 6.07) is 0.783. The summed E-state index contributed by atoms with van der Waals surface area (Å²) in [5, 5.41) is 5.81. The molecule has 2 aromatic heterocycles. The number of alkyl halides is 3. The largest absolute Gasteiger partial charge is 0.433 e. The van der Waals surface area contributed by atoms with E-state index < -0.39 is 17.2 Å². The van der Waals surface area contributed by atoms with Crippen molar-refractivity contribution in [2.45, 2.75) is 19.5 Å². The van der Waals surface area contributed by atoms with E-state index >= 15 is 0 Å². The summed E-state index contributed by atoms with van der Waals surface area (Å²) in [7, 11) is 0. The predicted octanol–water partition coefficient (Wildman–Crippen LogP) is 2.49. The van der Waals surface area contributed by atoms with E-state index in [9.17, 15) is 13.2 Å². The Morgan fingerprint density at radius 2 is 2.05 bits per heavy atom. The highest BCUT2D eigenvalue weighted by molar-refractivity contribution is 6.28. The molecule has 2 heterocycles. The van der Waals surface area contributed by atoms with Crippen LogP contribution >= 0.6 is 11.6 Å². The van der Waals surface area contributed by atoms with Crippen molar-refractivity contribution in [2.24, 2.45) is 0 Å². The highest BCUT2D eigenvalue weighted by atomic mass is 35.5. The van der Waals surface area contributed by atoms with Crippen LogP contribution in [0.2, 0.25) is 5.28 Å². The van der Waals surface area contributed by atoms with Gasteiger partial charge >= 0.3 is 6.18 Å². The Morgan fingerprint density at radius 1 is 1.30 bits per heavy atom. The summed E-state index contributed by atoms with van der Waals surface area (Å²) < 4.78 is 42.4. The number of nitrogens with one attached hydrogen (secondary N) is 1. The van der Waals surface area contributed by atoms with E-state index in [1.807, 2.05) is 0 Å². The minimum absolute atomic E-state index is 0.0198. The Bertz CT molecular complexity index is 601. The molecule has 0 amide bonds. The molecule has 0 aliphatic carbocycles. The third-order valence-electron chi connectivity index (χ3n) is 2.20. The van der Waals surface area contributed by atoms with Crippen molar-refractivity contribution in [3.63, 3.8) is 0 Å². The van der Waals surface area contributed by atoms with E-state index in [4.69, 9.17) is 16.1 Å². The molecule has 0 aliphatic heterocycles. The number of aryl methyl sites for hydroxylation is 1. The molecule has 1 N–H and O–H groups in total. The lowest BCUT2D eigenvalue weighted by Gasteiger charge is -2.09. The molecule has 0 spiro atoms.